The van der Waals surface area contributed by atoms with Crippen molar-refractivity contribution in [2.45, 2.75) is 44.4 Å². The first-order valence-electron chi connectivity index (χ1n) is 11.4. The second kappa shape index (κ2) is 8.50. The molecule has 0 radical (unpaired) electrons. The van der Waals surface area contributed by atoms with E-state index >= 15 is 0 Å². The third-order valence-corrected chi connectivity index (χ3v) is 6.83. The molecule has 3 heterocycles. The molecule has 2 unspecified atom stereocenters. The molecule has 3 aliphatic rings. The van der Waals surface area contributed by atoms with Gasteiger partial charge in [0.05, 0.1) is 0 Å². The summed E-state index contributed by atoms with van der Waals surface area (Å²) in [4.78, 5) is 35.8. The van der Waals surface area contributed by atoms with Crippen molar-refractivity contribution >= 4 is 23.6 Å². The van der Waals surface area contributed by atoms with E-state index in [9.17, 15) is 14.0 Å². The van der Waals surface area contributed by atoms with Crippen LogP contribution in [0.4, 0.5) is 19.7 Å². The van der Waals surface area contributed by atoms with Crippen molar-refractivity contribution in [3.63, 3.8) is 0 Å². The third-order valence-electron chi connectivity index (χ3n) is 6.83. The van der Waals surface area contributed by atoms with Gasteiger partial charge in [0.25, 0.3) is 0 Å². The van der Waals surface area contributed by atoms with Crippen LogP contribution in [-0.4, -0.2) is 59.0 Å². The molecule has 0 N–H and O–H groups in total. The van der Waals surface area contributed by atoms with E-state index in [-0.39, 0.29) is 24.8 Å². The number of hydrogen-bond donors (Lipinski definition) is 0. The largest absolute Gasteiger partial charge is 0.445 e. The molecule has 0 aliphatic carbocycles. The molecule has 0 saturated carbocycles. The highest BCUT2D eigenvalue weighted by atomic mass is 19.1. The van der Waals surface area contributed by atoms with Crippen LogP contribution in [0.15, 0.2) is 59.6 Å². The van der Waals surface area contributed by atoms with Gasteiger partial charge in [-0.25, -0.2) is 14.0 Å². The maximum absolute atomic E-state index is 14.1. The number of amidine groups is 1. The van der Waals surface area contributed by atoms with Crippen LogP contribution < -0.4 is 4.90 Å². The molecular formula is C25H27FN4O3. The lowest BCUT2D eigenvalue weighted by molar-refractivity contribution is 0.0627. The zero-order valence-electron chi connectivity index (χ0n) is 18.6. The summed E-state index contributed by atoms with van der Waals surface area (Å²) < 4.78 is 19.6. The first kappa shape index (κ1) is 21.4. The van der Waals surface area contributed by atoms with E-state index in [1.165, 1.54) is 12.1 Å². The monoisotopic (exact) mass is 450 g/mol. The molecule has 0 bridgehead atoms. The van der Waals surface area contributed by atoms with Gasteiger partial charge in [-0.3, -0.25) is 4.90 Å². The predicted molar refractivity (Wildman–Crippen MR) is 123 cm³/mol. The summed E-state index contributed by atoms with van der Waals surface area (Å²) in [5.41, 5.74) is 0.713. The van der Waals surface area contributed by atoms with Crippen LogP contribution in [0, 0.1) is 5.82 Å². The maximum Gasteiger partial charge on any atom is 0.410 e. The highest BCUT2D eigenvalue weighted by molar-refractivity contribution is 6.16. The lowest BCUT2D eigenvalue weighted by Gasteiger charge is -2.50. The number of carbonyl (C=O) groups excluding carboxylic acids is 2. The standard InChI is InChI=1S/C25H27FN4O3/c1-18-16-25(11-14-29(18)24(32)33-17-19-7-3-2-4-8-19)22(28-12-6-13-28)27-23(31)30(25)21-10-5-9-20(26)15-21/h2-5,7-10,15,18H,6,11-14,16-17H2,1H3. The Kier molecular flexibility index (Phi) is 5.52. The predicted octanol–water partition coefficient (Wildman–Crippen LogP) is 4.43. The molecule has 7 nitrogen and oxygen atoms in total. The number of anilines is 1. The molecule has 2 aromatic rings. The van der Waals surface area contributed by atoms with Crippen LogP contribution >= 0.6 is 0 Å². The van der Waals surface area contributed by atoms with Crippen molar-refractivity contribution in [1.29, 1.82) is 0 Å². The Morgan fingerprint density at radius 2 is 1.94 bits per heavy atom. The minimum atomic E-state index is -0.707. The summed E-state index contributed by atoms with van der Waals surface area (Å²) in [7, 11) is 0. The number of rotatable bonds is 3. The number of aliphatic imine (C=N–C) groups is 1. The summed E-state index contributed by atoms with van der Waals surface area (Å²) >= 11 is 0. The Balaban J connectivity index is 1.38. The number of nitrogens with zero attached hydrogens (tertiary/aromatic N) is 4. The van der Waals surface area contributed by atoms with Crippen molar-refractivity contribution in [3.8, 4) is 0 Å². The lowest BCUT2D eigenvalue weighted by atomic mass is 9.80. The van der Waals surface area contributed by atoms with Crippen LogP contribution in [0.1, 0.15) is 31.7 Å². The van der Waals surface area contributed by atoms with Crippen molar-refractivity contribution < 1.29 is 18.7 Å². The molecule has 5 rings (SSSR count). The summed E-state index contributed by atoms with van der Waals surface area (Å²) in [5.74, 6) is 0.343. The molecule has 3 aliphatic heterocycles. The molecule has 2 fully saturated rings. The van der Waals surface area contributed by atoms with E-state index in [0.29, 0.717) is 25.1 Å². The molecular weight excluding hydrogens is 423 g/mol. The molecule has 8 heteroatoms. The van der Waals surface area contributed by atoms with E-state index in [1.807, 2.05) is 37.3 Å². The molecule has 1 spiro atoms. The lowest BCUT2D eigenvalue weighted by Crippen LogP contribution is -2.65. The number of carbonyl (C=O) groups is 2. The highest BCUT2D eigenvalue weighted by Gasteiger charge is 2.56. The molecule has 2 saturated heterocycles. The first-order chi connectivity index (χ1) is 16.0. The third kappa shape index (κ3) is 3.83. The molecule has 33 heavy (non-hydrogen) atoms. The minimum absolute atomic E-state index is 0.185. The Labute approximate surface area is 192 Å². The van der Waals surface area contributed by atoms with E-state index < -0.39 is 11.4 Å². The van der Waals surface area contributed by atoms with E-state index in [4.69, 9.17) is 4.74 Å². The van der Waals surface area contributed by atoms with Gasteiger partial charge < -0.3 is 14.5 Å². The summed E-state index contributed by atoms with van der Waals surface area (Å²) in [6, 6.07) is 15.1. The van der Waals surface area contributed by atoms with Crippen LogP contribution in [0.3, 0.4) is 0 Å². The number of urea groups is 1. The highest BCUT2D eigenvalue weighted by Crippen LogP contribution is 2.43. The molecule has 0 aromatic heterocycles. The fourth-order valence-electron chi connectivity index (χ4n) is 5.10. The second-order valence-corrected chi connectivity index (χ2v) is 8.94. The number of amides is 3. The maximum atomic E-state index is 14.1. The quantitative estimate of drug-likeness (QED) is 0.694. The number of benzene rings is 2. The van der Waals surface area contributed by atoms with Crippen LogP contribution in [0.2, 0.25) is 0 Å². The summed E-state index contributed by atoms with van der Waals surface area (Å²) in [6.07, 6.45) is 1.70. The fourth-order valence-corrected chi connectivity index (χ4v) is 5.10. The Bertz CT molecular complexity index is 1090. The van der Waals surface area contributed by atoms with Crippen LogP contribution in [0.25, 0.3) is 0 Å². The first-order valence-corrected chi connectivity index (χ1v) is 11.4. The van der Waals surface area contributed by atoms with Crippen LogP contribution in [0.5, 0.6) is 0 Å². The number of likely N-dealkylation sites (tertiary alicyclic amines) is 2. The van der Waals surface area contributed by atoms with Gasteiger partial charge in [0, 0.05) is 31.4 Å². The van der Waals surface area contributed by atoms with Gasteiger partial charge in [0.2, 0.25) is 0 Å². The number of hydrogen-bond acceptors (Lipinski definition) is 4. The number of halogens is 1. The fraction of sp³-hybridized carbons (Fsp3) is 0.400. The van der Waals surface area contributed by atoms with Crippen molar-refractivity contribution in [2.24, 2.45) is 4.99 Å². The SMILES string of the molecule is CC1CC2(CCN1C(=O)OCc1ccccc1)C(N1CCC1)=NC(=O)N2c1cccc(F)c1. The molecule has 3 amide bonds. The Hall–Kier alpha value is -3.42. The zero-order chi connectivity index (χ0) is 23.0. The number of piperidine rings is 1. The normalized spacial score (nSPS) is 24.7. The van der Waals surface area contributed by atoms with Crippen molar-refractivity contribution in [1.82, 2.24) is 9.80 Å². The van der Waals surface area contributed by atoms with E-state index in [0.717, 1.165) is 30.9 Å². The Morgan fingerprint density at radius 3 is 2.61 bits per heavy atom. The smallest absolute Gasteiger partial charge is 0.410 e. The van der Waals surface area contributed by atoms with Crippen molar-refractivity contribution in [2.75, 3.05) is 24.5 Å². The van der Waals surface area contributed by atoms with Gasteiger partial charge in [-0.05, 0) is 49.9 Å². The average Bonchev–Trinajstić information content (AvgIpc) is 3.02. The van der Waals surface area contributed by atoms with E-state index in [2.05, 4.69) is 9.89 Å². The Morgan fingerprint density at radius 1 is 1.15 bits per heavy atom. The number of ether oxygens (including phenoxy) is 1. The van der Waals surface area contributed by atoms with Gasteiger partial charge in [0.15, 0.2) is 0 Å². The molecule has 172 valence electrons. The van der Waals surface area contributed by atoms with Gasteiger partial charge in [-0.2, -0.15) is 4.99 Å². The second-order valence-electron chi connectivity index (χ2n) is 8.94. The molecule has 2 aromatic carbocycles. The minimum Gasteiger partial charge on any atom is -0.445 e. The molecule has 2 atom stereocenters. The van der Waals surface area contributed by atoms with Gasteiger partial charge in [0.1, 0.15) is 23.8 Å². The topological polar surface area (TPSA) is 65.5 Å². The van der Waals surface area contributed by atoms with Crippen molar-refractivity contribution in [3.05, 3.63) is 66.0 Å². The summed E-state index contributed by atoms with van der Waals surface area (Å²) in [5, 5.41) is 0. The van der Waals surface area contributed by atoms with Gasteiger partial charge in [-0.1, -0.05) is 36.4 Å². The zero-order valence-corrected chi connectivity index (χ0v) is 18.6. The van der Waals surface area contributed by atoms with E-state index in [1.54, 1.807) is 21.9 Å². The van der Waals surface area contributed by atoms with Gasteiger partial charge >= 0.3 is 12.1 Å². The van der Waals surface area contributed by atoms with Gasteiger partial charge in [-0.15, -0.1) is 0 Å². The van der Waals surface area contributed by atoms with Crippen LogP contribution in [-0.2, 0) is 11.3 Å². The summed E-state index contributed by atoms with van der Waals surface area (Å²) in [6.45, 7) is 4.29. The average molecular weight is 451 g/mol.